The number of nitrogens with one attached hydrogen (secondary N) is 2. The Morgan fingerprint density at radius 1 is 1.35 bits per heavy atom. The molecule has 0 rings (SSSR count). The van der Waals surface area contributed by atoms with Gasteiger partial charge in [0.1, 0.15) is 6.04 Å². The van der Waals surface area contributed by atoms with Gasteiger partial charge in [-0.15, -0.1) is 0 Å². The number of aliphatic carboxylic acids is 1. The molecule has 0 spiro atoms. The van der Waals surface area contributed by atoms with Crippen LogP contribution in [0.2, 0.25) is 0 Å². The van der Waals surface area contributed by atoms with Crippen molar-refractivity contribution in [2.75, 3.05) is 12.8 Å². The summed E-state index contributed by atoms with van der Waals surface area (Å²) in [5.74, 6) is -0.987. The van der Waals surface area contributed by atoms with Crippen LogP contribution in [0.15, 0.2) is 0 Å². The number of rotatable bonds is 8. The average molecular weight is 262 g/mol. The van der Waals surface area contributed by atoms with Gasteiger partial charge < -0.3 is 15.7 Å². The molecule has 17 heavy (non-hydrogen) atoms. The van der Waals surface area contributed by atoms with E-state index in [9.17, 15) is 9.59 Å². The predicted octanol–water partition coefficient (Wildman–Crippen LogP) is 1.68. The van der Waals surface area contributed by atoms with Crippen molar-refractivity contribution in [1.29, 1.82) is 0 Å². The number of hydrogen-bond donors (Lipinski definition) is 3. The topological polar surface area (TPSA) is 78.4 Å². The first kappa shape index (κ1) is 16.1. The van der Waals surface area contributed by atoms with Gasteiger partial charge in [-0.05, 0) is 19.1 Å². The lowest BCUT2D eigenvalue weighted by molar-refractivity contribution is -0.139. The first-order valence-corrected chi connectivity index (χ1v) is 7.10. The Morgan fingerprint density at radius 3 is 2.47 bits per heavy atom. The molecule has 2 atom stereocenters. The summed E-state index contributed by atoms with van der Waals surface area (Å²) in [4.78, 5) is 22.2. The SMILES string of the molecule is CCC[C@@H](NC(=O)NCCC(C)SC)C(=O)O. The van der Waals surface area contributed by atoms with E-state index < -0.39 is 18.0 Å². The smallest absolute Gasteiger partial charge is 0.326 e. The van der Waals surface area contributed by atoms with E-state index in [2.05, 4.69) is 17.6 Å². The largest absolute Gasteiger partial charge is 0.480 e. The van der Waals surface area contributed by atoms with E-state index in [1.54, 1.807) is 11.8 Å². The molecule has 0 saturated carbocycles. The quantitative estimate of drug-likeness (QED) is 0.622. The zero-order valence-electron chi connectivity index (χ0n) is 10.7. The number of carbonyl (C=O) groups is 2. The van der Waals surface area contributed by atoms with Crippen LogP contribution in [-0.4, -0.2) is 41.2 Å². The van der Waals surface area contributed by atoms with Crippen LogP contribution in [0.1, 0.15) is 33.1 Å². The molecule has 3 N–H and O–H groups in total. The van der Waals surface area contributed by atoms with Gasteiger partial charge in [0.25, 0.3) is 0 Å². The lowest BCUT2D eigenvalue weighted by Gasteiger charge is -2.15. The Kier molecular flexibility index (Phi) is 8.66. The molecule has 1 unspecified atom stereocenters. The van der Waals surface area contributed by atoms with E-state index in [4.69, 9.17) is 5.11 Å². The van der Waals surface area contributed by atoms with E-state index >= 15 is 0 Å². The first-order chi connectivity index (χ1) is 8.01. The van der Waals surface area contributed by atoms with Crippen LogP contribution < -0.4 is 10.6 Å². The highest BCUT2D eigenvalue weighted by atomic mass is 32.2. The lowest BCUT2D eigenvalue weighted by atomic mass is 10.2. The summed E-state index contributed by atoms with van der Waals surface area (Å²) >= 11 is 1.74. The molecule has 0 bridgehead atoms. The molecule has 0 aliphatic carbocycles. The maximum absolute atomic E-state index is 11.4. The van der Waals surface area contributed by atoms with Crippen molar-refractivity contribution in [1.82, 2.24) is 10.6 Å². The Morgan fingerprint density at radius 2 is 2.00 bits per heavy atom. The van der Waals surface area contributed by atoms with Crippen molar-refractivity contribution in [3.63, 3.8) is 0 Å². The molecule has 5 nitrogen and oxygen atoms in total. The fraction of sp³-hybridized carbons (Fsp3) is 0.818. The van der Waals surface area contributed by atoms with Crippen molar-refractivity contribution < 1.29 is 14.7 Å². The molecule has 0 aromatic heterocycles. The number of carbonyl (C=O) groups excluding carboxylic acids is 1. The second-order valence-electron chi connectivity index (χ2n) is 3.91. The standard InChI is InChI=1S/C11H22N2O3S/c1-4-5-9(10(14)15)13-11(16)12-7-6-8(2)17-3/h8-9H,4-7H2,1-3H3,(H,14,15)(H2,12,13,16)/t8?,9-/m1/s1. The molecule has 0 saturated heterocycles. The van der Waals surface area contributed by atoms with Crippen molar-refractivity contribution >= 4 is 23.8 Å². The van der Waals surface area contributed by atoms with Gasteiger partial charge in [0.15, 0.2) is 0 Å². The Bertz CT molecular complexity index is 249. The minimum Gasteiger partial charge on any atom is -0.480 e. The molecular formula is C11H22N2O3S. The van der Waals surface area contributed by atoms with E-state index in [0.29, 0.717) is 18.2 Å². The Hall–Kier alpha value is -0.910. The summed E-state index contributed by atoms with van der Waals surface area (Å²) in [5, 5.41) is 14.5. The van der Waals surface area contributed by atoms with Crippen LogP contribution >= 0.6 is 11.8 Å². The van der Waals surface area contributed by atoms with Gasteiger partial charge in [-0.2, -0.15) is 11.8 Å². The monoisotopic (exact) mass is 262 g/mol. The normalized spacial score (nSPS) is 13.8. The highest BCUT2D eigenvalue weighted by molar-refractivity contribution is 7.99. The maximum Gasteiger partial charge on any atom is 0.326 e. The number of urea groups is 1. The minimum atomic E-state index is -0.987. The number of carboxylic acid groups (broad SMARTS) is 1. The second kappa shape index (κ2) is 9.15. The third-order valence-corrected chi connectivity index (χ3v) is 3.46. The average Bonchev–Trinajstić information content (AvgIpc) is 2.28. The molecular weight excluding hydrogens is 240 g/mol. The van der Waals surface area contributed by atoms with Gasteiger partial charge in [-0.1, -0.05) is 20.3 Å². The Labute approximate surface area is 107 Å². The van der Waals surface area contributed by atoms with Gasteiger partial charge >= 0.3 is 12.0 Å². The van der Waals surface area contributed by atoms with Crippen LogP contribution in [0.4, 0.5) is 4.79 Å². The lowest BCUT2D eigenvalue weighted by Crippen LogP contribution is -2.46. The van der Waals surface area contributed by atoms with Gasteiger partial charge in [0.05, 0.1) is 0 Å². The first-order valence-electron chi connectivity index (χ1n) is 5.81. The molecule has 0 aliphatic rings. The highest BCUT2D eigenvalue weighted by Gasteiger charge is 2.18. The molecule has 0 radical (unpaired) electrons. The van der Waals surface area contributed by atoms with Gasteiger partial charge in [0.2, 0.25) is 0 Å². The van der Waals surface area contributed by atoms with Gasteiger partial charge in [-0.25, -0.2) is 9.59 Å². The van der Waals surface area contributed by atoms with Crippen molar-refractivity contribution in [3.8, 4) is 0 Å². The van der Waals surface area contributed by atoms with E-state index in [0.717, 1.165) is 12.8 Å². The van der Waals surface area contributed by atoms with Crippen molar-refractivity contribution in [3.05, 3.63) is 0 Å². The van der Waals surface area contributed by atoms with Crippen molar-refractivity contribution in [2.24, 2.45) is 0 Å². The summed E-state index contributed by atoms with van der Waals surface area (Å²) in [6, 6.07) is -1.20. The van der Waals surface area contributed by atoms with E-state index in [1.807, 2.05) is 13.2 Å². The molecule has 0 aromatic carbocycles. The van der Waals surface area contributed by atoms with Crippen LogP contribution in [0.25, 0.3) is 0 Å². The number of hydrogen-bond acceptors (Lipinski definition) is 3. The predicted molar refractivity (Wildman–Crippen MR) is 70.5 cm³/mol. The summed E-state index contributed by atoms with van der Waals surface area (Å²) in [6.07, 6.45) is 4.07. The van der Waals surface area contributed by atoms with Crippen LogP contribution in [0, 0.1) is 0 Å². The fourth-order valence-electron chi connectivity index (χ4n) is 1.26. The molecule has 0 aliphatic heterocycles. The number of thioether (sulfide) groups is 1. The molecule has 0 fully saturated rings. The van der Waals surface area contributed by atoms with Crippen LogP contribution in [-0.2, 0) is 4.79 Å². The van der Waals surface area contributed by atoms with E-state index in [1.165, 1.54) is 0 Å². The third-order valence-electron chi connectivity index (χ3n) is 2.42. The van der Waals surface area contributed by atoms with Crippen molar-refractivity contribution in [2.45, 2.75) is 44.4 Å². The number of amides is 2. The summed E-state index contributed by atoms with van der Waals surface area (Å²) in [7, 11) is 0. The molecule has 0 aromatic rings. The highest BCUT2D eigenvalue weighted by Crippen LogP contribution is 2.07. The molecule has 2 amide bonds. The molecule has 6 heteroatoms. The maximum atomic E-state index is 11.4. The Balaban J connectivity index is 3.86. The van der Waals surface area contributed by atoms with Gasteiger partial charge in [0, 0.05) is 11.8 Å². The molecule has 100 valence electrons. The minimum absolute atomic E-state index is 0.404. The fourth-order valence-corrected chi connectivity index (χ4v) is 1.62. The van der Waals surface area contributed by atoms with Gasteiger partial charge in [-0.3, -0.25) is 0 Å². The van der Waals surface area contributed by atoms with Crippen LogP contribution in [0.5, 0.6) is 0 Å². The zero-order valence-corrected chi connectivity index (χ0v) is 11.5. The summed E-state index contributed by atoms with van der Waals surface area (Å²) in [5.41, 5.74) is 0. The number of carboxylic acids is 1. The zero-order chi connectivity index (χ0) is 13.3. The third kappa shape index (κ3) is 7.90. The second-order valence-corrected chi connectivity index (χ2v) is 5.19. The summed E-state index contributed by atoms with van der Waals surface area (Å²) in [6.45, 7) is 4.53. The molecule has 0 heterocycles. The van der Waals surface area contributed by atoms with E-state index in [-0.39, 0.29) is 0 Å². The summed E-state index contributed by atoms with van der Waals surface area (Å²) < 4.78 is 0. The van der Waals surface area contributed by atoms with Crippen LogP contribution in [0.3, 0.4) is 0 Å².